The van der Waals surface area contributed by atoms with Crippen LogP contribution in [0.5, 0.6) is 5.75 Å². The second-order valence-corrected chi connectivity index (χ2v) is 6.77. The van der Waals surface area contributed by atoms with Gasteiger partial charge in [0.2, 0.25) is 0 Å². The lowest BCUT2D eigenvalue weighted by Crippen LogP contribution is -2.34. The lowest BCUT2D eigenvalue weighted by Gasteiger charge is -2.28. The molecule has 0 heterocycles. The van der Waals surface area contributed by atoms with Crippen LogP contribution in [0.4, 0.5) is 0 Å². The first-order chi connectivity index (χ1) is 8.47. The summed E-state index contributed by atoms with van der Waals surface area (Å²) in [6, 6.07) is 6.42. The summed E-state index contributed by atoms with van der Waals surface area (Å²) >= 11 is 0. The first kappa shape index (κ1) is 13.4. The number of aliphatic hydroxyl groups excluding tert-OH is 1. The summed E-state index contributed by atoms with van der Waals surface area (Å²) in [4.78, 5) is 0.241. The molecule has 0 aliphatic heterocycles. The van der Waals surface area contributed by atoms with Gasteiger partial charge in [0.05, 0.1) is 11.0 Å². The third-order valence-corrected chi connectivity index (χ3v) is 4.30. The Kier molecular flexibility index (Phi) is 3.92. The molecule has 100 valence electrons. The molecule has 0 aromatic heterocycles. The highest BCUT2D eigenvalue weighted by Crippen LogP contribution is 2.25. The number of rotatable bonds is 3. The molecule has 0 amide bonds. The van der Waals surface area contributed by atoms with Crippen LogP contribution in [0.1, 0.15) is 25.7 Å². The van der Waals surface area contributed by atoms with Crippen molar-refractivity contribution in [1.82, 2.24) is 0 Å². The third-order valence-electron chi connectivity index (χ3n) is 3.19. The van der Waals surface area contributed by atoms with Gasteiger partial charge in [-0.15, -0.1) is 0 Å². The van der Waals surface area contributed by atoms with E-state index in [9.17, 15) is 13.5 Å². The van der Waals surface area contributed by atoms with E-state index >= 15 is 0 Å². The van der Waals surface area contributed by atoms with E-state index in [2.05, 4.69) is 0 Å². The van der Waals surface area contributed by atoms with Crippen molar-refractivity contribution in [2.24, 2.45) is 0 Å². The molecule has 5 heteroatoms. The van der Waals surface area contributed by atoms with Crippen LogP contribution in [0.15, 0.2) is 29.2 Å². The third kappa shape index (κ3) is 3.23. The van der Waals surface area contributed by atoms with Gasteiger partial charge in [-0.25, -0.2) is 8.42 Å². The Bertz CT molecular complexity index is 509. The molecular formula is C13H18O4S. The fourth-order valence-electron chi connectivity index (χ4n) is 2.17. The van der Waals surface area contributed by atoms with Crippen molar-refractivity contribution in [3.05, 3.63) is 24.3 Å². The second-order valence-electron chi connectivity index (χ2n) is 4.76. The molecule has 0 unspecified atom stereocenters. The lowest BCUT2D eigenvalue weighted by atomic mass is 9.95. The fourth-order valence-corrected chi connectivity index (χ4v) is 2.82. The summed E-state index contributed by atoms with van der Waals surface area (Å²) < 4.78 is 28.6. The van der Waals surface area contributed by atoms with Crippen LogP contribution in [0.3, 0.4) is 0 Å². The Balaban J connectivity index is 2.14. The quantitative estimate of drug-likeness (QED) is 0.909. The van der Waals surface area contributed by atoms with Crippen molar-refractivity contribution < 1.29 is 18.3 Å². The largest absolute Gasteiger partial charge is 0.488 e. The summed E-state index contributed by atoms with van der Waals surface area (Å²) in [5, 5.41) is 9.82. The van der Waals surface area contributed by atoms with E-state index in [1.54, 1.807) is 18.2 Å². The maximum atomic E-state index is 11.4. The minimum Gasteiger partial charge on any atom is -0.488 e. The number of hydrogen-bond donors (Lipinski definition) is 1. The average molecular weight is 270 g/mol. The van der Waals surface area contributed by atoms with E-state index in [-0.39, 0.29) is 11.0 Å². The SMILES string of the molecule is CS(=O)(=O)c1cccc(O[C@H]2CCCC[C@@H]2O)c1. The average Bonchev–Trinajstić information content (AvgIpc) is 2.31. The molecule has 1 aromatic carbocycles. The van der Waals surface area contributed by atoms with E-state index in [1.807, 2.05) is 0 Å². The van der Waals surface area contributed by atoms with Gasteiger partial charge in [-0.3, -0.25) is 0 Å². The van der Waals surface area contributed by atoms with Crippen LogP contribution in [-0.2, 0) is 9.84 Å². The van der Waals surface area contributed by atoms with Crippen molar-refractivity contribution >= 4 is 9.84 Å². The Labute approximate surface area is 108 Å². The Morgan fingerprint density at radius 1 is 1.28 bits per heavy atom. The minimum absolute atomic E-state index is 0.228. The first-order valence-electron chi connectivity index (χ1n) is 6.11. The zero-order valence-electron chi connectivity index (χ0n) is 10.4. The topological polar surface area (TPSA) is 63.6 Å². The van der Waals surface area contributed by atoms with E-state index in [0.717, 1.165) is 25.7 Å². The van der Waals surface area contributed by atoms with Crippen LogP contribution in [0.2, 0.25) is 0 Å². The Morgan fingerprint density at radius 2 is 2.00 bits per heavy atom. The van der Waals surface area contributed by atoms with Crippen molar-refractivity contribution in [2.75, 3.05) is 6.26 Å². The van der Waals surface area contributed by atoms with Gasteiger partial charge in [0.25, 0.3) is 0 Å². The van der Waals surface area contributed by atoms with Gasteiger partial charge in [-0.1, -0.05) is 12.5 Å². The molecule has 1 fully saturated rings. The van der Waals surface area contributed by atoms with Gasteiger partial charge in [0, 0.05) is 6.26 Å². The van der Waals surface area contributed by atoms with Gasteiger partial charge in [0.1, 0.15) is 11.9 Å². The number of aliphatic hydroxyl groups is 1. The van der Waals surface area contributed by atoms with E-state index < -0.39 is 15.9 Å². The summed E-state index contributed by atoms with van der Waals surface area (Å²) in [6.45, 7) is 0. The predicted molar refractivity (Wildman–Crippen MR) is 68.4 cm³/mol. The van der Waals surface area contributed by atoms with Gasteiger partial charge in [-0.2, -0.15) is 0 Å². The summed E-state index contributed by atoms with van der Waals surface area (Å²) in [6.07, 6.45) is 4.09. The van der Waals surface area contributed by atoms with E-state index in [1.165, 1.54) is 12.3 Å². The van der Waals surface area contributed by atoms with Crippen LogP contribution in [-0.4, -0.2) is 32.0 Å². The van der Waals surface area contributed by atoms with Crippen molar-refractivity contribution in [3.63, 3.8) is 0 Å². The normalized spacial score (nSPS) is 24.8. The molecule has 4 nitrogen and oxygen atoms in total. The molecule has 18 heavy (non-hydrogen) atoms. The Morgan fingerprint density at radius 3 is 2.67 bits per heavy atom. The van der Waals surface area contributed by atoms with Gasteiger partial charge < -0.3 is 9.84 Å². The molecule has 0 bridgehead atoms. The first-order valence-corrected chi connectivity index (χ1v) is 8.01. The number of ether oxygens (including phenoxy) is 1. The molecule has 0 spiro atoms. The summed E-state index contributed by atoms with van der Waals surface area (Å²) in [5.74, 6) is 0.504. The molecule has 1 aliphatic carbocycles. The van der Waals surface area contributed by atoms with Crippen molar-refractivity contribution in [1.29, 1.82) is 0 Å². The molecule has 1 aromatic rings. The molecular weight excluding hydrogens is 252 g/mol. The number of sulfone groups is 1. The molecule has 2 atom stereocenters. The fraction of sp³-hybridized carbons (Fsp3) is 0.538. The smallest absolute Gasteiger partial charge is 0.175 e. The zero-order chi connectivity index (χ0) is 13.2. The van der Waals surface area contributed by atoms with Crippen LogP contribution < -0.4 is 4.74 Å². The molecule has 0 radical (unpaired) electrons. The minimum atomic E-state index is -3.22. The van der Waals surface area contributed by atoms with Crippen molar-refractivity contribution in [3.8, 4) is 5.75 Å². The molecule has 1 saturated carbocycles. The van der Waals surface area contributed by atoms with Crippen molar-refractivity contribution in [2.45, 2.75) is 42.8 Å². The molecule has 2 rings (SSSR count). The number of benzene rings is 1. The van der Waals surface area contributed by atoms with Gasteiger partial charge in [-0.05, 0) is 37.5 Å². The van der Waals surface area contributed by atoms with Crippen LogP contribution >= 0.6 is 0 Å². The highest BCUT2D eigenvalue weighted by Gasteiger charge is 2.24. The summed E-state index contributed by atoms with van der Waals surface area (Å²) in [7, 11) is -3.22. The summed E-state index contributed by atoms with van der Waals surface area (Å²) in [5.41, 5.74) is 0. The standard InChI is InChI=1S/C13H18O4S/c1-18(15,16)11-6-4-5-10(9-11)17-13-8-3-2-7-12(13)14/h4-6,9,12-14H,2-3,7-8H2,1H3/t12-,13-/m0/s1. The lowest BCUT2D eigenvalue weighted by molar-refractivity contribution is 0.00676. The van der Waals surface area contributed by atoms with E-state index in [4.69, 9.17) is 4.74 Å². The predicted octanol–water partition coefficient (Wildman–Crippen LogP) is 1.77. The highest BCUT2D eigenvalue weighted by atomic mass is 32.2. The molecule has 1 N–H and O–H groups in total. The number of hydrogen-bond acceptors (Lipinski definition) is 4. The highest BCUT2D eigenvalue weighted by molar-refractivity contribution is 7.90. The van der Waals surface area contributed by atoms with Crippen LogP contribution in [0.25, 0.3) is 0 Å². The van der Waals surface area contributed by atoms with Crippen LogP contribution in [0, 0.1) is 0 Å². The molecule has 0 saturated heterocycles. The maximum absolute atomic E-state index is 11.4. The molecule has 1 aliphatic rings. The monoisotopic (exact) mass is 270 g/mol. The van der Waals surface area contributed by atoms with E-state index in [0.29, 0.717) is 5.75 Å². The van der Waals surface area contributed by atoms with Gasteiger partial charge in [0.15, 0.2) is 9.84 Å². The maximum Gasteiger partial charge on any atom is 0.175 e. The van der Waals surface area contributed by atoms with Gasteiger partial charge >= 0.3 is 0 Å². The Hall–Kier alpha value is -1.07. The second kappa shape index (κ2) is 5.28. The zero-order valence-corrected chi connectivity index (χ0v) is 11.2.